The largest absolute Gasteiger partial charge is 0.397 e. The van der Waals surface area contributed by atoms with Crippen molar-refractivity contribution in [2.75, 3.05) is 12.4 Å². The SMILES string of the molecule is Nc1ccnc2c1ncn2CC(O)CF. The van der Waals surface area contributed by atoms with E-state index in [4.69, 9.17) is 5.73 Å². The monoisotopic (exact) mass is 210 g/mol. The predicted molar refractivity (Wildman–Crippen MR) is 53.9 cm³/mol. The summed E-state index contributed by atoms with van der Waals surface area (Å²) in [4.78, 5) is 8.12. The van der Waals surface area contributed by atoms with Gasteiger partial charge in [0.15, 0.2) is 5.65 Å². The Balaban J connectivity index is 2.41. The molecule has 1 unspecified atom stereocenters. The maximum atomic E-state index is 12.1. The molecule has 1 atom stereocenters. The number of hydrogen-bond donors (Lipinski definition) is 2. The van der Waals surface area contributed by atoms with Crippen LogP contribution in [-0.2, 0) is 6.54 Å². The van der Waals surface area contributed by atoms with Crippen molar-refractivity contribution in [1.82, 2.24) is 14.5 Å². The fourth-order valence-corrected chi connectivity index (χ4v) is 1.39. The van der Waals surface area contributed by atoms with E-state index in [2.05, 4.69) is 9.97 Å². The molecule has 0 amide bonds. The summed E-state index contributed by atoms with van der Waals surface area (Å²) in [5, 5.41) is 9.18. The van der Waals surface area contributed by atoms with Crippen LogP contribution in [0.15, 0.2) is 18.6 Å². The number of alkyl halides is 1. The Bertz CT molecular complexity index is 470. The van der Waals surface area contributed by atoms with Crippen molar-refractivity contribution in [1.29, 1.82) is 0 Å². The van der Waals surface area contributed by atoms with Crippen LogP contribution in [0.2, 0.25) is 0 Å². The van der Waals surface area contributed by atoms with Gasteiger partial charge < -0.3 is 15.4 Å². The lowest BCUT2D eigenvalue weighted by molar-refractivity contribution is 0.123. The van der Waals surface area contributed by atoms with Crippen molar-refractivity contribution in [3.8, 4) is 0 Å². The molecule has 0 aliphatic heterocycles. The Morgan fingerprint density at radius 2 is 2.33 bits per heavy atom. The van der Waals surface area contributed by atoms with E-state index in [0.717, 1.165) is 0 Å². The molecular formula is C9H11FN4O. The third-order valence-corrected chi connectivity index (χ3v) is 2.12. The number of hydrogen-bond acceptors (Lipinski definition) is 4. The summed E-state index contributed by atoms with van der Waals surface area (Å²) >= 11 is 0. The third kappa shape index (κ3) is 1.75. The maximum absolute atomic E-state index is 12.1. The van der Waals surface area contributed by atoms with Gasteiger partial charge in [-0.15, -0.1) is 0 Å². The number of aromatic nitrogens is 3. The van der Waals surface area contributed by atoms with E-state index in [0.29, 0.717) is 16.9 Å². The molecule has 0 aromatic carbocycles. The third-order valence-electron chi connectivity index (χ3n) is 2.12. The number of halogens is 1. The minimum atomic E-state index is -1.04. The number of imidazole rings is 1. The maximum Gasteiger partial charge on any atom is 0.162 e. The molecule has 0 bridgehead atoms. The van der Waals surface area contributed by atoms with Crippen LogP contribution >= 0.6 is 0 Å². The normalized spacial score (nSPS) is 13.2. The van der Waals surface area contributed by atoms with Gasteiger partial charge in [-0.1, -0.05) is 0 Å². The van der Waals surface area contributed by atoms with Crippen molar-refractivity contribution >= 4 is 16.9 Å². The van der Waals surface area contributed by atoms with Crippen molar-refractivity contribution in [3.05, 3.63) is 18.6 Å². The molecule has 0 fully saturated rings. The highest BCUT2D eigenvalue weighted by Gasteiger charge is 2.10. The number of aliphatic hydroxyl groups is 1. The van der Waals surface area contributed by atoms with Crippen molar-refractivity contribution in [3.63, 3.8) is 0 Å². The first-order valence-electron chi connectivity index (χ1n) is 4.51. The van der Waals surface area contributed by atoms with Gasteiger partial charge in [0.25, 0.3) is 0 Å². The molecule has 2 heterocycles. The summed E-state index contributed by atoms with van der Waals surface area (Å²) < 4.78 is 13.7. The fourth-order valence-electron chi connectivity index (χ4n) is 1.39. The number of nitrogens with two attached hydrogens (primary N) is 1. The summed E-state index contributed by atoms with van der Waals surface area (Å²) in [6.45, 7) is -0.661. The topological polar surface area (TPSA) is 77.0 Å². The Labute approximate surface area is 85.4 Å². The molecule has 2 aromatic rings. The minimum absolute atomic E-state index is 0.128. The second kappa shape index (κ2) is 3.82. The summed E-state index contributed by atoms with van der Waals surface area (Å²) in [6, 6.07) is 1.64. The summed E-state index contributed by atoms with van der Waals surface area (Å²) in [5.74, 6) is 0. The second-order valence-corrected chi connectivity index (χ2v) is 3.28. The second-order valence-electron chi connectivity index (χ2n) is 3.28. The van der Waals surface area contributed by atoms with Gasteiger partial charge in [0, 0.05) is 6.20 Å². The van der Waals surface area contributed by atoms with E-state index < -0.39 is 12.8 Å². The Morgan fingerprint density at radius 3 is 3.07 bits per heavy atom. The number of nitrogen functional groups attached to an aromatic ring is 1. The molecule has 0 spiro atoms. The highest BCUT2D eigenvalue weighted by atomic mass is 19.1. The van der Waals surface area contributed by atoms with E-state index in [1.165, 1.54) is 6.33 Å². The van der Waals surface area contributed by atoms with Gasteiger partial charge in [-0.25, -0.2) is 14.4 Å². The van der Waals surface area contributed by atoms with Crippen molar-refractivity contribution < 1.29 is 9.50 Å². The number of nitrogens with zero attached hydrogens (tertiary/aromatic N) is 3. The van der Waals surface area contributed by atoms with E-state index in [9.17, 15) is 9.50 Å². The molecule has 2 rings (SSSR count). The lowest BCUT2D eigenvalue weighted by Crippen LogP contribution is -2.17. The van der Waals surface area contributed by atoms with Crippen LogP contribution in [0.3, 0.4) is 0 Å². The molecular weight excluding hydrogens is 199 g/mol. The van der Waals surface area contributed by atoms with Crippen LogP contribution in [0, 0.1) is 0 Å². The molecule has 0 saturated heterocycles. The van der Waals surface area contributed by atoms with Crippen LogP contribution in [-0.4, -0.2) is 32.4 Å². The average molecular weight is 210 g/mol. The van der Waals surface area contributed by atoms with Gasteiger partial charge in [0.1, 0.15) is 18.3 Å². The number of pyridine rings is 1. The predicted octanol–water partition coefficient (Wildman–Crippen LogP) is 0.344. The van der Waals surface area contributed by atoms with Gasteiger partial charge >= 0.3 is 0 Å². The van der Waals surface area contributed by atoms with Gasteiger partial charge in [-0.2, -0.15) is 0 Å². The quantitative estimate of drug-likeness (QED) is 0.766. The Hall–Kier alpha value is -1.69. The molecule has 0 aliphatic rings. The van der Waals surface area contributed by atoms with Crippen LogP contribution in [0.1, 0.15) is 0 Å². The van der Waals surface area contributed by atoms with Crippen LogP contribution < -0.4 is 5.73 Å². The molecule has 6 heteroatoms. The van der Waals surface area contributed by atoms with E-state index >= 15 is 0 Å². The molecule has 2 aromatic heterocycles. The number of rotatable bonds is 3. The highest BCUT2D eigenvalue weighted by molar-refractivity contribution is 5.83. The molecule has 0 aliphatic carbocycles. The molecule has 0 radical (unpaired) electrons. The zero-order chi connectivity index (χ0) is 10.8. The standard InChI is InChI=1S/C9H11FN4O/c10-3-6(15)4-14-5-13-8-7(11)1-2-12-9(8)14/h1-2,5-6,15H,3-4H2,(H2,11,12). The van der Waals surface area contributed by atoms with Crippen molar-refractivity contribution in [2.45, 2.75) is 12.6 Å². The number of fused-ring (bicyclic) bond motifs is 1. The first-order chi connectivity index (χ1) is 7.22. The summed E-state index contributed by atoms with van der Waals surface area (Å²) in [5.41, 5.74) is 7.33. The van der Waals surface area contributed by atoms with Crippen molar-refractivity contribution in [2.24, 2.45) is 0 Å². The lowest BCUT2D eigenvalue weighted by atomic mass is 10.3. The smallest absolute Gasteiger partial charge is 0.162 e. The van der Waals surface area contributed by atoms with E-state index in [-0.39, 0.29) is 6.54 Å². The molecule has 3 N–H and O–H groups in total. The van der Waals surface area contributed by atoms with Gasteiger partial charge in [0.05, 0.1) is 18.6 Å². The van der Waals surface area contributed by atoms with Crippen LogP contribution in [0.5, 0.6) is 0 Å². The zero-order valence-electron chi connectivity index (χ0n) is 7.97. The first kappa shape index (κ1) is 9.85. The number of aliphatic hydroxyl groups excluding tert-OH is 1. The average Bonchev–Trinajstić information content (AvgIpc) is 2.63. The van der Waals surface area contributed by atoms with Crippen LogP contribution in [0.4, 0.5) is 10.1 Å². The van der Waals surface area contributed by atoms with E-state index in [1.54, 1.807) is 16.8 Å². The Morgan fingerprint density at radius 1 is 1.53 bits per heavy atom. The van der Waals surface area contributed by atoms with Crippen LogP contribution in [0.25, 0.3) is 11.2 Å². The van der Waals surface area contributed by atoms with E-state index in [1.807, 2.05) is 0 Å². The van der Waals surface area contributed by atoms with Gasteiger partial charge in [0.2, 0.25) is 0 Å². The first-order valence-corrected chi connectivity index (χ1v) is 4.51. The fraction of sp³-hybridized carbons (Fsp3) is 0.333. The van der Waals surface area contributed by atoms with Gasteiger partial charge in [-0.05, 0) is 6.07 Å². The molecule has 80 valence electrons. The lowest BCUT2D eigenvalue weighted by Gasteiger charge is -2.07. The molecule has 5 nitrogen and oxygen atoms in total. The van der Waals surface area contributed by atoms with Gasteiger partial charge in [-0.3, -0.25) is 0 Å². The molecule has 15 heavy (non-hydrogen) atoms. The summed E-state index contributed by atoms with van der Waals surface area (Å²) in [6.07, 6.45) is 2.01. The zero-order valence-corrected chi connectivity index (χ0v) is 7.97. The Kier molecular flexibility index (Phi) is 2.51. The highest BCUT2D eigenvalue weighted by Crippen LogP contribution is 2.16. The summed E-state index contributed by atoms with van der Waals surface area (Å²) in [7, 11) is 0. The minimum Gasteiger partial charge on any atom is -0.397 e. The molecule has 0 saturated carbocycles. The number of anilines is 1.